The Kier molecular flexibility index (Phi) is 3.45. The van der Waals surface area contributed by atoms with Gasteiger partial charge in [-0.15, -0.1) is 0 Å². The molecule has 4 rings (SSSR count). The van der Waals surface area contributed by atoms with Gasteiger partial charge in [0.15, 0.2) is 0 Å². The van der Waals surface area contributed by atoms with Gasteiger partial charge in [-0.2, -0.15) is 0 Å². The molecular formula is C19H27NO. The summed E-state index contributed by atoms with van der Waals surface area (Å²) in [7, 11) is 1.80. The van der Waals surface area contributed by atoms with Gasteiger partial charge in [-0.25, -0.2) is 0 Å². The molecular weight excluding hydrogens is 258 g/mol. The largest absolute Gasteiger partial charge is 0.496 e. The molecule has 3 aliphatic rings. The molecule has 21 heavy (non-hydrogen) atoms. The normalized spacial score (nSPS) is 37.3. The second-order valence-corrected chi connectivity index (χ2v) is 7.24. The monoisotopic (exact) mass is 285 g/mol. The molecule has 0 saturated heterocycles. The lowest BCUT2D eigenvalue weighted by atomic mass is 9.92. The van der Waals surface area contributed by atoms with Gasteiger partial charge < -0.3 is 10.1 Å². The summed E-state index contributed by atoms with van der Waals surface area (Å²) >= 11 is 0. The van der Waals surface area contributed by atoms with Crippen molar-refractivity contribution in [2.75, 3.05) is 13.7 Å². The maximum Gasteiger partial charge on any atom is 0.123 e. The Hall–Kier alpha value is -1.02. The van der Waals surface area contributed by atoms with Gasteiger partial charge in [-0.05, 0) is 67.9 Å². The van der Waals surface area contributed by atoms with Crippen LogP contribution in [0, 0.1) is 29.6 Å². The van der Waals surface area contributed by atoms with Gasteiger partial charge in [0.25, 0.3) is 0 Å². The Morgan fingerprint density at radius 1 is 1.19 bits per heavy atom. The van der Waals surface area contributed by atoms with Crippen LogP contribution in [0.15, 0.2) is 24.3 Å². The van der Waals surface area contributed by atoms with Crippen LogP contribution in [0.4, 0.5) is 0 Å². The Balaban J connectivity index is 1.61. The number of benzene rings is 1. The molecule has 0 heterocycles. The summed E-state index contributed by atoms with van der Waals surface area (Å²) in [6.07, 6.45) is 5.71. The van der Waals surface area contributed by atoms with E-state index in [1.165, 1.54) is 31.2 Å². The number of hydrogen-bond acceptors (Lipinski definition) is 2. The first kappa shape index (κ1) is 13.6. The molecule has 0 spiro atoms. The van der Waals surface area contributed by atoms with Crippen molar-refractivity contribution >= 4 is 0 Å². The maximum atomic E-state index is 5.64. The van der Waals surface area contributed by atoms with Crippen LogP contribution in [0.5, 0.6) is 5.75 Å². The zero-order chi connectivity index (χ0) is 14.4. The molecule has 1 aromatic rings. The number of nitrogens with one attached hydrogen (secondary N) is 1. The molecule has 1 N–H and O–H groups in total. The van der Waals surface area contributed by atoms with Gasteiger partial charge >= 0.3 is 0 Å². The number of ether oxygens (including phenoxy) is 1. The average molecular weight is 285 g/mol. The molecule has 3 aliphatic carbocycles. The number of para-hydroxylation sites is 1. The van der Waals surface area contributed by atoms with Crippen LogP contribution in [0.2, 0.25) is 0 Å². The Morgan fingerprint density at radius 2 is 1.90 bits per heavy atom. The number of hydrogen-bond donors (Lipinski definition) is 1. The van der Waals surface area contributed by atoms with E-state index in [-0.39, 0.29) is 0 Å². The van der Waals surface area contributed by atoms with E-state index in [1.54, 1.807) is 7.11 Å². The van der Waals surface area contributed by atoms with Crippen molar-refractivity contribution in [2.24, 2.45) is 29.6 Å². The van der Waals surface area contributed by atoms with Crippen molar-refractivity contribution in [3.8, 4) is 5.75 Å². The molecule has 5 atom stereocenters. The lowest BCUT2D eigenvalue weighted by molar-refractivity contribution is 0.351. The van der Waals surface area contributed by atoms with Gasteiger partial charge in [-0.3, -0.25) is 0 Å². The van der Waals surface area contributed by atoms with Crippen LogP contribution in [0.3, 0.4) is 0 Å². The van der Waals surface area contributed by atoms with Gasteiger partial charge in [0.05, 0.1) is 7.11 Å². The third-order valence-electron chi connectivity index (χ3n) is 6.27. The summed E-state index contributed by atoms with van der Waals surface area (Å²) in [5.41, 5.74) is 1.38. The van der Waals surface area contributed by atoms with E-state index >= 15 is 0 Å². The highest BCUT2D eigenvalue weighted by atomic mass is 16.5. The summed E-state index contributed by atoms with van der Waals surface area (Å²) in [6.45, 7) is 3.36. The standard InChI is InChI=1S/C19H27NO/c1-3-10-20-19(14-6-4-5-7-15(14)21-2)18-16-12-8-9-13(11-12)17(16)18/h4-7,12-13,16-20H,3,8-11H2,1-2H3. The predicted molar refractivity (Wildman–Crippen MR) is 85.3 cm³/mol. The summed E-state index contributed by atoms with van der Waals surface area (Å²) < 4.78 is 5.64. The fourth-order valence-corrected chi connectivity index (χ4v) is 5.51. The Labute approximate surface area is 128 Å². The van der Waals surface area contributed by atoms with Gasteiger partial charge in [0, 0.05) is 11.6 Å². The topological polar surface area (TPSA) is 21.3 Å². The van der Waals surface area contributed by atoms with E-state index in [9.17, 15) is 0 Å². The van der Waals surface area contributed by atoms with Crippen molar-refractivity contribution in [1.29, 1.82) is 0 Å². The van der Waals surface area contributed by atoms with Gasteiger partial charge in [0.1, 0.15) is 5.75 Å². The molecule has 2 bridgehead atoms. The lowest BCUT2D eigenvalue weighted by Crippen LogP contribution is -2.26. The average Bonchev–Trinajstić information content (AvgIpc) is 2.94. The van der Waals surface area contributed by atoms with Gasteiger partial charge in [0.2, 0.25) is 0 Å². The fourth-order valence-electron chi connectivity index (χ4n) is 5.51. The quantitative estimate of drug-likeness (QED) is 0.852. The Morgan fingerprint density at radius 3 is 2.57 bits per heavy atom. The van der Waals surface area contributed by atoms with E-state index in [4.69, 9.17) is 4.74 Å². The van der Waals surface area contributed by atoms with Crippen molar-refractivity contribution in [3.63, 3.8) is 0 Å². The third kappa shape index (κ3) is 2.11. The van der Waals surface area contributed by atoms with Crippen molar-refractivity contribution < 1.29 is 4.74 Å². The second-order valence-electron chi connectivity index (χ2n) is 7.24. The summed E-state index contributed by atoms with van der Waals surface area (Å²) in [4.78, 5) is 0. The van der Waals surface area contributed by atoms with Gasteiger partial charge in [-0.1, -0.05) is 25.1 Å². The first-order valence-corrected chi connectivity index (χ1v) is 8.71. The number of rotatable bonds is 6. The molecule has 0 aromatic heterocycles. The Bertz CT molecular complexity index is 498. The highest BCUT2D eigenvalue weighted by molar-refractivity contribution is 5.38. The smallest absolute Gasteiger partial charge is 0.123 e. The first-order valence-electron chi connectivity index (χ1n) is 8.71. The molecule has 3 saturated carbocycles. The minimum Gasteiger partial charge on any atom is -0.496 e. The molecule has 2 heteroatoms. The van der Waals surface area contributed by atoms with Crippen LogP contribution in [-0.4, -0.2) is 13.7 Å². The minimum atomic E-state index is 0.500. The molecule has 1 aromatic carbocycles. The summed E-state index contributed by atoms with van der Waals surface area (Å²) in [5, 5.41) is 3.84. The lowest BCUT2D eigenvalue weighted by Gasteiger charge is -2.24. The van der Waals surface area contributed by atoms with E-state index < -0.39 is 0 Å². The zero-order valence-electron chi connectivity index (χ0n) is 13.2. The highest BCUT2D eigenvalue weighted by Gasteiger charge is 2.66. The number of methoxy groups -OCH3 is 1. The van der Waals surface area contributed by atoms with Crippen molar-refractivity contribution in [3.05, 3.63) is 29.8 Å². The number of fused-ring (bicyclic) bond motifs is 5. The molecule has 0 radical (unpaired) electrons. The molecule has 5 unspecified atom stereocenters. The van der Waals surface area contributed by atoms with Crippen LogP contribution in [-0.2, 0) is 0 Å². The zero-order valence-corrected chi connectivity index (χ0v) is 13.2. The van der Waals surface area contributed by atoms with E-state index in [2.05, 4.69) is 36.5 Å². The summed E-state index contributed by atoms with van der Waals surface area (Å²) in [6, 6.07) is 9.12. The SMILES string of the molecule is CCCNC(c1ccccc1OC)C1C2C3CCC(C3)C21. The van der Waals surface area contributed by atoms with Crippen molar-refractivity contribution in [2.45, 2.75) is 38.6 Å². The van der Waals surface area contributed by atoms with Crippen LogP contribution < -0.4 is 10.1 Å². The maximum absolute atomic E-state index is 5.64. The van der Waals surface area contributed by atoms with Crippen LogP contribution in [0.25, 0.3) is 0 Å². The molecule has 0 aliphatic heterocycles. The van der Waals surface area contributed by atoms with E-state index in [1.807, 2.05) is 0 Å². The molecule has 3 fully saturated rings. The minimum absolute atomic E-state index is 0.500. The molecule has 2 nitrogen and oxygen atoms in total. The van der Waals surface area contributed by atoms with Crippen LogP contribution >= 0.6 is 0 Å². The second kappa shape index (κ2) is 5.31. The van der Waals surface area contributed by atoms with Crippen LogP contribution in [0.1, 0.15) is 44.2 Å². The third-order valence-corrected chi connectivity index (χ3v) is 6.27. The molecule has 0 amide bonds. The van der Waals surface area contributed by atoms with E-state index in [0.29, 0.717) is 6.04 Å². The predicted octanol–water partition coefficient (Wildman–Crippen LogP) is 4.03. The van der Waals surface area contributed by atoms with E-state index in [0.717, 1.165) is 41.9 Å². The summed E-state index contributed by atoms with van der Waals surface area (Å²) in [5.74, 6) is 5.99. The fraction of sp³-hybridized carbons (Fsp3) is 0.684. The molecule has 114 valence electrons. The van der Waals surface area contributed by atoms with Crippen molar-refractivity contribution in [1.82, 2.24) is 5.32 Å². The first-order chi connectivity index (χ1) is 10.3. The highest BCUT2D eigenvalue weighted by Crippen LogP contribution is 2.72.